The molecule has 0 unspecified atom stereocenters. The van der Waals surface area contributed by atoms with E-state index in [0.29, 0.717) is 10.0 Å². The highest BCUT2D eigenvalue weighted by molar-refractivity contribution is 9.10. The molecule has 1 rings (SSSR count). The van der Waals surface area contributed by atoms with Crippen LogP contribution in [0.1, 0.15) is 5.56 Å². The molecule has 0 radical (unpaired) electrons. The van der Waals surface area contributed by atoms with Crippen LogP contribution < -0.4 is 4.74 Å². The molecular weight excluding hydrogens is 253 g/mol. The Morgan fingerprint density at radius 2 is 2.36 bits per heavy atom. The summed E-state index contributed by atoms with van der Waals surface area (Å²) in [7, 11) is 1.37. The lowest BCUT2D eigenvalue weighted by atomic mass is 10.2. The molecule has 0 saturated heterocycles. The van der Waals surface area contributed by atoms with Gasteiger partial charge in [-0.05, 0) is 17.7 Å². The van der Waals surface area contributed by atoms with Crippen molar-refractivity contribution in [2.24, 2.45) is 5.11 Å². The molecule has 1 aromatic carbocycles. The highest BCUT2D eigenvalue weighted by atomic mass is 79.9. The molecule has 14 heavy (non-hydrogen) atoms. The molecule has 6 heteroatoms. The molecule has 0 aliphatic heterocycles. The van der Waals surface area contributed by atoms with E-state index in [1.165, 1.54) is 13.2 Å². The third-order valence-corrected chi connectivity index (χ3v) is 2.05. The zero-order valence-electron chi connectivity index (χ0n) is 7.37. The van der Waals surface area contributed by atoms with Crippen LogP contribution in [0.5, 0.6) is 5.75 Å². The first-order valence-corrected chi connectivity index (χ1v) is 4.51. The summed E-state index contributed by atoms with van der Waals surface area (Å²) >= 11 is 3.14. The highest BCUT2D eigenvalue weighted by Crippen LogP contribution is 2.27. The Kier molecular flexibility index (Phi) is 3.73. The minimum atomic E-state index is -0.481. The fourth-order valence-electron chi connectivity index (χ4n) is 1.07. The maximum Gasteiger partial charge on any atom is 0.166 e. The number of halogens is 2. The van der Waals surface area contributed by atoms with Gasteiger partial charge in [-0.2, -0.15) is 0 Å². The standard InChI is InChI=1S/C8H7BrFN3O/c1-14-8-5(4-12-13-11)2-6(9)3-7(8)10/h2-3H,4H2,1H3. The van der Waals surface area contributed by atoms with Crippen molar-refractivity contribution in [1.82, 2.24) is 0 Å². The van der Waals surface area contributed by atoms with Crippen molar-refractivity contribution in [2.75, 3.05) is 7.11 Å². The average molecular weight is 260 g/mol. The number of benzene rings is 1. The van der Waals surface area contributed by atoms with Gasteiger partial charge in [-0.25, -0.2) is 4.39 Å². The van der Waals surface area contributed by atoms with Crippen LogP contribution in [0.15, 0.2) is 21.7 Å². The minimum Gasteiger partial charge on any atom is -0.493 e. The smallest absolute Gasteiger partial charge is 0.166 e. The van der Waals surface area contributed by atoms with Crippen molar-refractivity contribution in [1.29, 1.82) is 0 Å². The van der Waals surface area contributed by atoms with Crippen molar-refractivity contribution < 1.29 is 9.13 Å². The Morgan fingerprint density at radius 1 is 1.64 bits per heavy atom. The molecule has 4 nitrogen and oxygen atoms in total. The molecule has 0 saturated carbocycles. The lowest BCUT2D eigenvalue weighted by Crippen LogP contribution is -1.94. The summed E-state index contributed by atoms with van der Waals surface area (Å²) in [6.07, 6.45) is 0. The third-order valence-electron chi connectivity index (χ3n) is 1.59. The van der Waals surface area contributed by atoms with Crippen molar-refractivity contribution >= 4 is 15.9 Å². The largest absolute Gasteiger partial charge is 0.493 e. The Bertz CT molecular complexity index is 390. The van der Waals surface area contributed by atoms with Gasteiger partial charge >= 0.3 is 0 Å². The number of nitrogens with zero attached hydrogens (tertiary/aromatic N) is 3. The minimum absolute atomic E-state index is 0.0655. The molecule has 0 heterocycles. The van der Waals surface area contributed by atoms with E-state index < -0.39 is 5.82 Å². The molecule has 0 N–H and O–H groups in total. The van der Waals surface area contributed by atoms with Gasteiger partial charge in [0.2, 0.25) is 0 Å². The van der Waals surface area contributed by atoms with Crippen LogP contribution in [0.3, 0.4) is 0 Å². The van der Waals surface area contributed by atoms with Gasteiger partial charge < -0.3 is 4.74 Å². The second kappa shape index (κ2) is 4.83. The van der Waals surface area contributed by atoms with E-state index in [0.717, 1.165) is 0 Å². The van der Waals surface area contributed by atoms with Crippen molar-refractivity contribution in [2.45, 2.75) is 6.54 Å². The van der Waals surface area contributed by atoms with E-state index >= 15 is 0 Å². The highest BCUT2D eigenvalue weighted by Gasteiger charge is 2.09. The lowest BCUT2D eigenvalue weighted by Gasteiger charge is -2.07. The number of hydrogen-bond acceptors (Lipinski definition) is 2. The van der Waals surface area contributed by atoms with Gasteiger partial charge in [0.1, 0.15) is 0 Å². The van der Waals surface area contributed by atoms with Crippen LogP contribution in [0, 0.1) is 5.82 Å². The predicted octanol–water partition coefficient (Wildman–Crippen LogP) is 3.41. The van der Waals surface area contributed by atoms with Crippen LogP contribution in [0.25, 0.3) is 10.4 Å². The maximum absolute atomic E-state index is 13.2. The summed E-state index contributed by atoms with van der Waals surface area (Å²) in [5.41, 5.74) is 8.65. The fourth-order valence-corrected chi connectivity index (χ4v) is 1.54. The molecule has 0 atom stereocenters. The van der Waals surface area contributed by atoms with E-state index in [9.17, 15) is 4.39 Å². The van der Waals surface area contributed by atoms with Crippen LogP contribution >= 0.6 is 15.9 Å². The van der Waals surface area contributed by atoms with Crippen LogP contribution in [0.4, 0.5) is 4.39 Å². The van der Waals surface area contributed by atoms with Crippen molar-refractivity contribution in [3.05, 3.63) is 38.4 Å². The average Bonchev–Trinajstić information content (AvgIpc) is 2.14. The first kappa shape index (κ1) is 10.8. The van der Waals surface area contributed by atoms with E-state index in [1.54, 1.807) is 6.07 Å². The van der Waals surface area contributed by atoms with Gasteiger partial charge in [0, 0.05) is 14.9 Å². The normalized spacial score (nSPS) is 9.36. The second-order valence-electron chi connectivity index (χ2n) is 2.47. The zero-order chi connectivity index (χ0) is 10.6. The molecule has 0 amide bonds. The summed E-state index contributed by atoms with van der Waals surface area (Å²) in [6, 6.07) is 2.94. The summed E-state index contributed by atoms with van der Waals surface area (Å²) in [5.74, 6) is -0.370. The number of hydrogen-bond donors (Lipinski definition) is 0. The van der Waals surface area contributed by atoms with Crippen molar-refractivity contribution in [3.63, 3.8) is 0 Å². The van der Waals surface area contributed by atoms with E-state index in [2.05, 4.69) is 26.0 Å². The number of azide groups is 1. The van der Waals surface area contributed by atoms with Gasteiger partial charge in [0.25, 0.3) is 0 Å². The monoisotopic (exact) mass is 259 g/mol. The molecule has 74 valence electrons. The molecule has 0 spiro atoms. The molecular formula is C8H7BrFN3O. The van der Waals surface area contributed by atoms with Gasteiger partial charge in [-0.3, -0.25) is 0 Å². The summed E-state index contributed by atoms with van der Waals surface area (Å²) in [4.78, 5) is 2.60. The summed E-state index contributed by atoms with van der Waals surface area (Å²) < 4.78 is 18.7. The Balaban J connectivity index is 3.17. The van der Waals surface area contributed by atoms with E-state index in [-0.39, 0.29) is 12.3 Å². The molecule has 0 aromatic heterocycles. The Hall–Kier alpha value is -1.26. The summed E-state index contributed by atoms with van der Waals surface area (Å²) in [6.45, 7) is 0.0655. The predicted molar refractivity (Wildman–Crippen MR) is 53.5 cm³/mol. The maximum atomic E-state index is 13.2. The van der Waals surface area contributed by atoms with Crippen molar-refractivity contribution in [3.8, 4) is 5.75 Å². The van der Waals surface area contributed by atoms with Gasteiger partial charge in [-0.15, -0.1) is 0 Å². The molecule has 0 aliphatic carbocycles. The van der Waals surface area contributed by atoms with E-state index in [4.69, 9.17) is 10.3 Å². The molecule has 0 aliphatic rings. The quantitative estimate of drug-likeness (QED) is 0.466. The first-order valence-electron chi connectivity index (χ1n) is 3.71. The van der Waals surface area contributed by atoms with E-state index in [1.807, 2.05) is 0 Å². The molecule has 1 aromatic rings. The Labute approximate surface area is 88.4 Å². The first-order chi connectivity index (χ1) is 6.69. The third kappa shape index (κ3) is 2.37. The Morgan fingerprint density at radius 3 is 2.93 bits per heavy atom. The number of rotatable bonds is 3. The SMILES string of the molecule is COc1c(F)cc(Br)cc1CN=[N+]=[N-]. The molecule has 0 bridgehead atoms. The fraction of sp³-hybridized carbons (Fsp3) is 0.250. The number of methoxy groups -OCH3 is 1. The zero-order valence-corrected chi connectivity index (χ0v) is 8.95. The molecule has 0 fully saturated rings. The summed E-state index contributed by atoms with van der Waals surface area (Å²) in [5, 5.41) is 3.35. The lowest BCUT2D eigenvalue weighted by molar-refractivity contribution is 0.381. The number of ether oxygens (including phenoxy) is 1. The van der Waals surface area contributed by atoms with Crippen LogP contribution in [-0.2, 0) is 6.54 Å². The van der Waals surface area contributed by atoms with Gasteiger partial charge in [-0.1, -0.05) is 21.0 Å². The topological polar surface area (TPSA) is 58.0 Å². The van der Waals surface area contributed by atoms with Crippen LogP contribution in [0.2, 0.25) is 0 Å². The van der Waals surface area contributed by atoms with Gasteiger partial charge in [0.05, 0.1) is 13.7 Å². The van der Waals surface area contributed by atoms with Crippen LogP contribution in [-0.4, -0.2) is 7.11 Å². The van der Waals surface area contributed by atoms with Gasteiger partial charge in [0.15, 0.2) is 11.6 Å². The second-order valence-corrected chi connectivity index (χ2v) is 3.38.